The maximum atomic E-state index is 12.2. The van der Waals surface area contributed by atoms with Crippen LogP contribution in [0, 0.1) is 28.6 Å². The Hall–Kier alpha value is -1.06. The van der Waals surface area contributed by atoms with Crippen molar-refractivity contribution in [2.75, 3.05) is 7.05 Å². The largest absolute Gasteiger partial charge is 0.354 e. The van der Waals surface area contributed by atoms with E-state index < -0.39 is 0 Å². The summed E-state index contributed by atoms with van der Waals surface area (Å²) in [5.74, 6) is 2.72. The lowest BCUT2D eigenvalue weighted by molar-refractivity contribution is -0.156. The Kier molecular flexibility index (Phi) is 3.97. The minimum Gasteiger partial charge on any atom is -0.354 e. The third-order valence-corrected chi connectivity index (χ3v) is 8.73. The van der Waals surface area contributed by atoms with Gasteiger partial charge in [-0.05, 0) is 73.5 Å². The number of amides is 2. The molecule has 1 aliphatic heterocycles. The highest BCUT2D eigenvalue weighted by Crippen LogP contribution is 2.64. The lowest BCUT2D eigenvalue weighted by Crippen LogP contribution is -2.61. The van der Waals surface area contributed by atoms with Crippen LogP contribution in [0.15, 0.2) is 0 Å². The number of piperidine rings is 1. The number of likely N-dealkylation sites (tertiary alicyclic amines) is 1. The van der Waals surface area contributed by atoms with Crippen LogP contribution in [0.3, 0.4) is 0 Å². The molecule has 0 aromatic rings. The molecule has 0 bridgehead atoms. The average Bonchev–Trinajstić information content (AvgIpc) is 2.86. The van der Waals surface area contributed by atoms with Crippen LogP contribution in [-0.4, -0.2) is 35.8 Å². The summed E-state index contributed by atoms with van der Waals surface area (Å²) in [6, 6.07) is 0.805. The highest BCUT2D eigenvalue weighted by Gasteiger charge is 2.60. The van der Waals surface area contributed by atoms with Gasteiger partial charge in [0.25, 0.3) is 0 Å². The fourth-order valence-corrected chi connectivity index (χ4v) is 7.61. The zero-order valence-corrected chi connectivity index (χ0v) is 16.3. The van der Waals surface area contributed by atoms with E-state index in [2.05, 4.69) is 24.1 Å². The molecule has 0 spiro atoms. The van der Waals surface area contributed by atoms with Crippen molar-refractivity contribution in [3.8, 4) is 0 Å². The number of carbonyl (C=O) groups excluding carboxylic acids is 2. The summed E-state index contributed by atoms with van der Waals surface area (Å²) >= 11 is 0. The fourth-order valence-electron chi connectivity index (χ4n) is 7.61. The van der Waals surface area contributed by atoms with E-state index in [0.29, 0.717) is 28.8 Å². The maximum absolute atomic E-state index is 12.2. The van der Waals surface area contributed by atoms with Crippen LogP contribution in [-0.2, 0) is 9.59 Å². The lowest BCUT2D eigenvalue weighted by Gasteiger charge is -2.61. The topological polar surface area (TPSA) is 49.4 Å². The molecule has 4 heteroatoms. The molecule has 4 rings (SSSR count). The van der Waals surface area contributed by atoms with E-state index in [4.69, 9.17) is 0 Å². The molecule has 2 amide bonds. The van der Waals surface area contributed by atoms with Crippen molar-refractivity contribution in [2.24, 2.45) is 28.6 Å². The molecule has 3 aliphatic carbocycles. The molecule has 7 atom stereocenters. The van der Waals surface area contributed by atoms with E-state index in [1.54, 1.807) is 6.92 Å². The molecule has 0 aromatic heterocycles. The van der Waals surface area contributed by atoms with Crippen LogP contribution in [0.2, 0.25) is 0 Å². The van der Waals surface area contributed by atoms with Crippen LogP contribution in [0.4, 0.5) is 0 Å². The molecule has 0 radical (unpaired) electrons. The maximum Gasteiger partial charge on any atom is 0.222 e. The van der Waals surface area contributed by atoms with Crippen LogP contribution in [0.5, 0.6) is 0 Å². The molecule has 0 aromatic carbocycles. The molecule has 4 aliphatic rings. The summed E-state index contributed by atoms with van der Waals surface area (Å²) in [5.41, 5.74) is 0.687. The molecule has 3 saturated carbocycles. The van der Waals surface area contributed by atoms with Gasteiger partial charge in [-0.2, -0.15) is 0 Å². The lowest BCUT2D eigenvalue weighted by atomic mass is 9.47. The normalized spacial score (nSPS) is 49.2. The van der Waals surface area contributed by atoms with E-state index in [9.17, 15) is 9.59 Å². The Balaban J connectivity index is 1.59. The second-order valence-electron chi connectivity index (χ2n) is 10.0. The van der Waals surface area contributed by atoms with Crippen LogP contribution < -0.4 is 5.32 Å². The van der Waals surface area contributed by atoms with Crippen LogP contribution in [0.1, 0.15) is 72.1 Å². The SMILES string of the molecule is CC(=O)NC1C[C@H]2[C@@H]3CCC4N(C)C(=O)CC[C@]4(C)[C@@H]3CC[C@]2(C)C1. The summed E-state index contributed by atoms with van der Waals surface area (Å²) in [6.45, 7) is 6.59. The zero-order chi connectivity index (χ0) is 18.0. The van der Waals surface area contributed by atoms with Crippen molar-refractivity contribution in [2.45, 2.75) is 84.2 Å². The summed E-state index contributed by atoms with van der Waals surface area (Å²) < 4.78 is 0. The first-order valence-electron chi connectivity index (χ1n) is 10.3. The standard InChI is InChI=1S/C21H34N2O2/c1-13(24)22-14-11-17-15-5-6-18-21(3,10-8-19(25)23(18)4)16(15)7-9-20(17,2)12-14/h14-18H,5-12H2,1-4H3,(H,22,24)/t14?,15-,16-,17+,18?,20-,21-/m1/s1. The molecule has 4 nitrogen and oxygen atoms in total. The van der Waals surface area contributed by atoms with Gasteiger partial charge in [0.15, 0.2) is 0 Å². The number of fused-ring (bicyclic) bond motifs is 5. The van der Waals surface area contributed by atoms with Crippen molar-refractivity contribution in [1.29, 1.82) is 0 Å². The van der Waals surface area contributed by atoms with Crippen LogP contribution in [0.25, 0.3) is 0 Å². The van der Waals surface area contributed by atoms with E-state index in [0.717, 1.165) is 49.9 Å². The molecular formula is C21H34N2O2. The third-order valence-electron chi connectivity index (χ3n) is 8.73. The molecule has 25 heavy (non-hydrogen) atoms. The molecule has 2 unspecified atom stereocenters. The first-order chi connectivity index (χ1) is 11.7. The highest BCUT2D eigenvalue weighted by atomic mass is 16.2. The number of hydrogen-bond donors (Lipinski definition) is 1. The number of carbonyl (C=O) groups is 2. The van der Waals surface area contributed by atoms with Crippen molar-refractivity contribution >= 4 is 11.8 Å². The van der Waals surface area contributed by atoms with Gasteiger partial charge in [0.05, 0.1) is 0 Å². The smallest absolute Gasteiger partial charge is 0.222 e. The minimum atomic E-state index is 0.117. The summed E-state index contributed by atoms with van der Waals surface area (Å²) in [7, 11) is 2.03. The fraction of sp³-hybridized carbons (Fsp3) is 0.905. The Morgan fingerprint density at radius 3 is 2.64 bits per heavy atom. The van der Waals surface area contributed by atoms with Gasteiger partial charge in [-0.3, -0.25) is 9.59 Å². The van der Waals surface area contributed by atoms with Gasteiger partial charge in [0, 0.05) is 32.5 Å². The van der Waals surface area contributed by atoms with Crippen molar-refractivity contribution in [3.05, 3.63) is 0 Å². The van der Waals surface area contributed by atoms with Gasteiger partial charge < -0.3 is 10.2 Å². The molecule has 1 heterocycles. The second kappa shape index (κ2) is 5.72. The minimum absolute atomic E-state index is 0.117. The third kappa shape index (κ3) is 2.54. The highest BCUT2D eigenvalue weighted by molar-refractivity contribution is 5.77. The number of nitrogens with zero attached hydrogens (tertiary/aromatic N) is 1. The van der Waals surface area contributed by atoms with E-state index in [-0.39, 0.29) is 5.91 Å². The van der Waals surface area contributed by atoms with Crippen LogP contribution >= 0.6 is 0 Å². The Bertz CT molecular complexity index is 590. The average molecular weight is 347 g/mol. The summed E-state index contributed by atoms with van der Waals surface area (Å²) in [6.07, 6.45) is 9.12. The van der Waals surface area contributed by atoms with Gasteiger partial charge in [-0.1, -0.05) is 13.8 Å². The monoisotopic (exact) mass is 346 g/mol. The second-order valence-corrected chi connectivity index (χ2v) is 10.0. The number of rotatable bonds is 1. The first kappa shape index (κ1) is 17.4. The molecule has 1 saturated heterocycles. The first-order valence-corrected chi connectivity index (χ1v) is 10.3. The zero-order valence-electron chi connectivity index (χ0n) is 16.3. The molecule has 4 fully saturated rings. The molecule has 1 N–H and O–H groups in total. The molecule has 140 valence electrons. The summed E-state index contributed by atoms with van der Waals surface area (Å²) in [4.78, 5) is 25.8. The van der Waals surface area contributed by atoms with E-state index in [1.807, 2.05) is 7.05 Å². The van der Waals surface area contributed by atoms with Crippen molar-refractivity contribution < 1.29 is 9.59 Å². The predicted octanol–water partition coefficient (Wildman–Crippen LogP) is 3.35. The van der Waals surface area contributed by atoms with E-state index >= 15 is 0 Å². The van der Waals surface area contributed by atoms with Gasteiger partial charge in [0.2, 0.25) is 11.8 Å². The van der Waals surface area contributed by atoms with Crippen molar-refractivity contribution in [3.63, 3.8) is 0 Å². The quantitative estimate of drug-likeness (QED) is 0.791. The predicted molar refractivity (Wildman–Crippen MR) is 97.8 cm³/mol. The van der Waals surface area contributed by atoms with E-state index in [1.165, 1.54) is 19.3 Å². The van der Waals surface area contributed by atoms with Gasteiger partial charge in [0.1, 0.15) is 0 Å². The van der Waals surface area contributed by atoms with Gasteiger partial charge in [-0.25, -0.2) is 0 Å². The van der Waals surface area contributed by atoms with Gasteiger partial charge in [-0.15, -0.1) is 0 Å². The number of nitrogens with one attached hydrogen (secondary N) is 1. The Morgan fingerprint density at radius 1 is 1.16 bits per heavy atom. The summed E-state index contributed by atoms with van der Waals surface area (Å²) in [5, 5.41) is 3.21. The van der Waals surface area contributed by atoms with Gasteiger partial charge >= 0.3 is 0 Å². The number of hydrogen-bond acceptors (Lipinski definition) is 2. The van der Waals surface area contributed by atoms with Crippen molar-refractivity contribution in [1.82, 2.24) is 10.2 Å². The Labute approximate surface area is 152 Å². The molecular weight excluding hydrogens is 312 g/mol. The Morgan fingerprint density at radius 2 is 1.92 bits per heavy atom.